The summed E-state index contributed by atoms with van der Waals surface area (Å²) in [5.74, 6) is -0.930. The van der Waals surface area contributed by atoms with Crippen LogP contribution in [0.1, 0.15) is 50.9 Å². The third-order valence-corrected chi connectivity index (χ3v) is 6.11. The summed E-state index contributed by atoms with van der Waals surface area (Å²) in [4.78, 5) is 27.3. The lowest BCUT2D eigenvalue weighted by molar-refractivity contribution is -0.144. The van der Waals surface area contributed by atoms with Gasteiger partial charge in [-0.3, -0.25) is 9.59 Å². The van der Waals surface area contributed by atoms with Gasteiger partial charge in [0.1, 0.15) is 17.9 Å². The highest BCUT2D eigenvalue weighted by Gasteiger charge is 2.44. The largest absolute Gasteiger partial charge is 0.393 e. The Kier molecular flexibility index (Phi) is 8.04. The minimum Gasteiger partial charge on any atom is -0.393 e. The summed E-state index contributed by atoms with van der Waals surface area (Å²) < 4.78 is 14.6. The van der Waals surface area contributed by atoms with Crippen LogP contribution in [-0.2, 0) is 22.4 Å². The molecule has 0 spiro atoms. The van der Waals surface area contributed by atoms with Crippen molar-refractivity contribution < 1.29 is 24.2 Å². The van der Waals surface area contributed by atoms with Crippen molar-refractivity contribution in [1.82, 2.24) is 25.2 Å². The molecule has 0 radical (unpaired) electrons. The zero-order valence-electron chi connectivity index (χ0n) is 20.1. The summed E-state index contributed by atoms with van der Waals surface area (Å²) in [5.41, 5.74) is 0.934. The first-order valence-corrected chi connectivity index (χ1v) is 11.5. The van der Waals surface area contributed by atoms with Crippen molar-refractivity contribution >= 4 is 11.8 Å². The lowest BCUT2D eigenvalue weighted by Crippen LogP contribution is -2.49. The molecular weight excluding hydrogens is 441 g/mol. The number of hydrogen-bond acceptors (Lipinski definition) is 6. The monoisotopic (exact) mass is 475 g/mol. The van der Waals surface area contributed by atoms with Gasteiger partial charge in [0.2, 0.25) is 11.8 Å². The molecule has 1 aliphatic heterocycles. The van der Waals surface area contributed by atoms with Gasteiger partial charge in [-0.15, -0.1) is 5.10 Å². The Hall–Kier alpha value is -2.85. The maximum absolute atomic E-state index is 13.6. The number of aryl methyl sites for hydroxylation is 1. The number of likely N-dealkylation sites (tertiary alicyclic amines) is 1. The van der Waals surface area contributed by atoms with Gasteiger partial charge in [-0.25, -0.2) is 9.07 Å². The number of nitrogens with one attached hydrogen (secondary N) is 1. The first-order chi connectivity index (χ1) is 16.0. The summed E-state index contributed by atoms with van der Waals surface area (Å²) in [5, 5.41) is 31.4. The van der Waals surface area contributed by atoms with Gasteiger partial charge in [0.05, 0.1) is 17.9 Å². The minimum atomic E-state index is -0.763. The van der Waals surface area contributed by atoms with Crippen molar-refractivity contribution in [2.24, 2.45) is 5.41 Å². The van der Waals surface area contributed by atoms with Crippen LogP contribution in [0.15, 0.2) is 30.5 Å². The average Bonchev–Trinajstić information content (AvgIpc) is 3.39. The second-order valence-electron chi connectivity index (χ2n) is 9.99. The second-order valence-corrected chi connectivity index (χ2v) is 9.99. The van der Waals surface area contributed by atoms with Crippen LogP contribution in [0.2, 0.25) is 0 Å². The van der Waals surface area contributed by atoms with Crippen molar-refractivity contribution in [2.45, 2.75) is 70.7 Å². The molecule has 3 unspecified atom stereocenters. The van der Waals surface area contributed by atoms with E-state index in [1.807, 2.05) is 20.8 Å². The summed E-state index contributed by atoms with van der Waals surface area (Å²) in [6.07, 6.45) is 1.78. The van der Waals surface area contributed by atoms with Crippen LogP contribution in [0.3, 0.4) is 0 Å². The molecule has 9 nitrogen and oxygen atoms in total. The molecule has 1 fully saturated rings. The predicted molar refractivity (Wildman–Crippen MR) is 123 cm³/mol. The quantitative estimate of drug-likeness (QED) is 0.529. The van der Waals surface area contributed by atoms with E-state index in [4.69, 9.17) is 0 Å². The highest BCUT2D eigenvalue weighted by Crippen LogP contribution is 2.34. The van der Waals surface area contributed by atoms with Crippen LogP contribution in [-0.4, -0.2) is 73.8 Å². The molecule has 2 amide bonds. The molecule has 1 aromatic heterocycles. The van der Waals surface area contributed by atoms with Crippen LogP contribution < -0.4 is 5.32 Å². The number of aliphatic hydroxyl groups excluding tert-OH is 2. The standard InChI is InChI=1S/C24H34FN5O4/c1-24(2,3)21(23(34)29-14-19(32)12-20(29)22(33)26-4)30-13-17(27-28-30)9-10-18(31)11-15-5-7-16(25)8-6-15/h5-8,13,18-21,31-32H,9-12,14H2,1-4H3,(H,26,33)/t18?,19?,20?,21-/m1/s1. The fourth-order valence-corrected chi connectivity index (χ4v) is 4.37. The SMILES string of the molecule is CNC(=O)C1CC(O)CN1C(=O)[C@@H](n1cc(CCC(O)Cc2ccc(F)cc2)nn1)C(C)(C)C. The Labute approximate surface area is 199 Å². The molecule has 0 saturated carbocycles. The molecule has 34 heavy (non-hydrogen) atoms. The van der Waals surface area contributed by atoms with Gasteiger partial charge in [-0.2, -0.15) is 0 Å². The Morgan fingerprint density at radius 3 is 2.56 bits per heavy atom. The van der Waals surface area contributed by atoms with E-state index in [0.717, 1.165) is 5.56 Å². The van der Waals surface area contributed by atoms with Crippen LogP contribution in [0, 0.1) is 11.2 Å². The molecule has 2 heterocycles. The predicted octanol–water partition coefficient (Wildman–Crippen LogP) is 1.25. The van der Waals surface area contributed by atoms with Crippen LogP contribution in [0.5, 0.6) is 0 Å². The van der Waals surface area contributed by atoms with Gasteiger partial charge in [0, 0.05) is 26.2 Å². The van der Waals surface area contributed by atoms with Crippen LogP contribution in [0.25, 0.3) is 0 Å². The lowest BCUT2D eigenvalue weighted by atomic mass is 9.85. The zero-order valence-corrected chi connectivity index (χ0v) is 20.1. The number of nitrogens with zero attached hydrogens (tertiary/aromatic N) is 4. The van der Waals surface area contributed by atoms with E-state index in [1.165, 1.54) is 28.8 Å². The first-order valence-electron chi connectivity index (χ1n) is 11.5. The van der Waals surface area contributed by atoms with E-state index in [9.17, 15) is 24.2 Å². The summed E-state index contributed by atoms with van der Waals surface area (Å²) in [7, 11) is 1.51. The van der Waals surface area contributed by atoms with E-state index >= 15 is 0 Å². The number of carbonyl (C=O) groups excluding carboxylic acids is 2. The van der Waals surface area contributed by atoms with Gasteiger partial charge in [0.25, 0.3) is 0 Å². The molecule has 186 valence electrons. The van der Waals surface area contributed by atoms with E-state index in [1.54, 1.807) is 18.3 Å². The van der Waals surface area contributed by atoms with E-state index in [-0.39, 0.29) is 30.6 Å². The van der Waals surface area contributed by atoms with E-state index in [0.29, 0.717) is 25.0 Å². The number of aromatic nitrogens is 3. The van der Waals surface area contributed by atoms with Gasteiger partial charge < -0.3 is 20.4 Å². The molecule has 3 rings (SSSR count). The second kappa shape index (κ2) is 10.6. The molecule has 1 aromatic carbocycles. The number of amides is 2. The van der Waals surface area contributed by atoms with Crippen molar-refractivity contribution in [3.63, 3.8) is 0 Å². The molecule has 2 aromatic rings. The van der Waals surface area contributed by atoms with E-state index < -0.39 is 29.7 Å². The average molecular weight is 476 g/mol. The molecule has 1 aliphatic rings. The van der Waals surface area contributed by atoms with Crippen molar-refractivity contribution in [2.75, 3.05) is 13.6 Å². The molecule has 0 aliphatic carbocycles. The Morgan fingerprint density at radius 2 is 1.94 bits per heavy atom. The minimum absolute atomic E-state index is 0.0840. The fourth-order valence-electron chi connectivity index (χ4n) is 4.37. The smallest absolute Gasteiger partial charge is 0.248 e. The topological polar surface area (TPSA) is 121 Å². The van der Waals surface area contributed by atoms with Crippen LogP contribution >= 0.6 is 0 Å². The molecule has 10 heteroatoms. The van der Waals surface area contributed by atoms with Gasteiger partial charge in [-0.05, 0) is 42.4 Å². The van der Waals surface area contributed by atoms with Gasteiger partial charge >= 0.3 is 0 Å². The number of benzene rings is 1. The summed E-state index contributed by atoms with van der Waals surface area (Å²) >= 11 is 0. The molecule has 0 bridgehead atoms. The zero-order chi connectivity index (χ0) is 25.0. The number of halogens is 1. The number of hydrogen-bond donors (Lipinski definition) is 3. The number of aliphatic hydroxyl groups is 2. The lowest BCUT2D eigenvalue weighted by Gasteiger charge is -2.34. The summed E-state index contributed by atoms with van der Waals surface area (Å²) in [6.45, 7) is 5.81. The van der Waals surface area contributed by atoms with Gasteiger partial charge in [0.15, 0.2) is 0 Å². The van der Waals surface area contributed by atoms with E-state index in [2.05, 4.69) is 15.6 Å². The number of likely N-dealkylation sites (N-methyl/N-ethyl adjacent to an activating group) is 1. The fraction of sp³-hybridized carbons (Fsp3) is 0.583. The third kappa shape index (κ3) is 6.18. The normalized spacial score (nSPS) is 20.3. The Bertz CT molecular complexity index is 988. The van der Waals surface area contributed by atoms with Crippen molar-refractivity contribution in [3.8, 4) is 0 Å². The van der Waals surface area contributed by atoms with Crippen molar-refractivity contribution in [1.29, 1.82) is 0 Å². The Balaban J connectivity index is 1.70. The number of β-amino-alcohol motifs (C(OH)–C–C–N with tert-alkyl or cyclic N) is 1. The summed E-state index contributed by atoms with van der Waals surface area (Å²) in [6, 6.07) is 4.57. The van der Waals surface area contributed by atoms with Crippen molar-refractivity contribution in [3.05, 3.63) is 47.5 Å². The number of carbonyl (C=O) groups is 2. The maximum atomic E-state index is 13.6. The first kappa shape index (κ1) is 25.8. The molecule has 3 N–H and O–H groups in total. The number of rotatable bonds is 8. The van der Waals surface area contributed by atoms with Crippen LogP contribution in [0.4, 0.5) is 4.39 Å². The maximum Gasteiger partial charge on any atom is 0.248 e. The Morgan fingerprint density at radius 1 is 1.26 bits per heavy atom. The van der Waals surface area contributed by atoms with Gasteiger partial charge in [-0.1, -0.05) is 38.1 Å². The molecule has 4 atom stereocenters. The highest BCUT2D eigenvalue weighted by molar-refractivity contribution is 5.90. The molecule has 1 saturated heterocycles. The third-order valence-electron chi connectivity index (χ3n) is 6.11. The molecular formula is C24H34FN5O4. The highest BCUT2D eigenvalue weighted by atomic mass is 19.1.